The van der Waals surface area contributed by atoms with Crippen molar-refractivity contribution in [2.24, 2.45) is 0 Å². The molecule has 4 nitrogen and oxygen atoms in total. The van der Waals surface area contributed by atoms with E-state index < -0.39 is 0 Å². The van der Waals surface area contributed by atoms with Crippen LogP contribution < -0.4 is 11.1 Å². The zero-order valence-electron chi connectivity index (χ0n) is 11.1. The lowest BCUT2D eigenvalue weighted by atomic mass is 10.1. The van der Waals surface area contributed by atoms with Crippen LogP contribution in [0.1, 0.15) is 22.3 Å². The van der Waals surface area contributed by atoms with Crippen molar-refractivity contribution >= 4 is 11.5 Å². The lowest BCUT2D eigenvalue weighted by Gasteiger charge is -2.11. The Bertz CT molecular complexity index is 641. The first kappa shape index (κ1) is 12.9. The number of aromatic nitrogens is 1. The fraction of sp³-hybridized carbons (Fsp3) is 0.200. The molecule has 0 saturated carbocycles. The van der Waals surface area contributed by atoms with Crippen molar-refractivity contribution in [1.29, 1.82) is 5.26 Å². The third-order valence-corrected chi connectivity index (χ3v) is 3.21. The Kier molecular flexibility index (Phi) is 3.67. The molecular weight excluding hydrogens is 236 g/mol. The van der Waals surface area contributed by atoms with Crippen LogP contribution >= 0.6 is 0 Å². The quantitative estimate of drug-likeness (QED) is 0.824. The molecule has 19 heavy (non-hydrogen) atoms. The minimum atomic E-state index is 0.587. The van der Waals surface area contributed by atoms with Gasteiger partial charge in [-0.25, -0.2) is 4.98 Å². The van der Waals surface area contributed by atoms with Gasteiger partial charge in [0.25, 0.3) is 0 Å². The molecule has 2 aromatic rings. The number of nitrogens with zero attached hydrogens (tertiary/aromatic N) is 2. The SMILES string of the molecule is Cc1ccnc(NCc2cccc(N)c2C)c1C#N. The minimum Gasteiger partial charge on any atom is -0.399 e. The van der Waals surface area contributed by atoms with Gasteiger partial charge < -0.3 is 11.1 Å². The monoisotopic (exact) mass is 252 g/mol. The van der Waals surface area contributed by atoms with Crippen molar-refractivity contribution in [3.63, 3.8) is 0 Å². The zero-order chi connectivity index (χ0) is 13.8. The van der Waals surface area contributed by atoms with Crippen LogP contribution in [0.4, 0.5) is 11.5 Å². The highest BCUT2D eigenvalue weighted by Crippen LogP contribution is 2.19. The molecule has 0 spiro atoms. The number of nitriles is 1. The molecule has 1 heterocycles. The standard InChI is InChI=1S/C15H16N4/c1-10-6-7-18-15(13(10)8-16)19-9-12-4-3-5-14(17)11(12)2/h3-7H,9,17H2,1-2H3,(H,18,19). The number of hydrogen-bond acceptors (Lipinski definition) is 4. The molecule has 3 N–H and O–H groups in total. The van der Waals surface area contributed by atoms with Crippen LogP contribution in [0.2, 0.25) is 0 Å². The van der Waals surface area contributed by atoms with E-state index in [1.165, 1.54) is 0 Å². The van der Waals surface area contributed by atoms with E-state index in [1.807, 2.05) is 38.1 Å². The third-order valence-electron chi connectivity index (χ3n) is 3.21. The van der Waals surface area contributed by atoms with Crippen LogP contribution in [0.15, 0.2) is 30.5 Å². The second-order valence-corrected chi connectivity index (χ2v) is 4.45. The van der Waals surface area contributed by atoms with Gasteiger partial charge in [-0.3, -0.25) is 0 Å². The number of anilines is 2. The molecule has 0 fully saturated rings. The first-order valence-electron chi connectivity index (χ1n) is 6.07. The van der Waals surface area contributed by atoms with E-state index in [0.717, 1.165) is 22.4 Å². The summed E-state index contributed by atoms with van der Waals surface area (Å²) in [6, 6.07) is 9.82. The van der Waals surface area contributed by atoms with Crippen molar-refractivity contribution in [1.82, 2.24) is 4.98 Å². The van der Waals surface area contributed by atoms with Crippen molar-refractivity contribution in [2.45, 2.75) is 20.4 Å². The average Bonchev–Trinajstić information content (AvgIpc) is 2.40. The Hall–Kier alpha value is -2.54. The molecule has 0 unspecified atom stereocenters. The predicted octanol–water partition coefficient (Wildman–Crippen LogP) is 2.76. The second kappa shape index (κ2) is 5.40. The number of pyridine rings is 1. The van der Waals surface area contributed by atoms with Crippen LogP contribution in [0.3, 0.4) is 0 Å². The summed E-state index contributed by atoms with van der Waals surface area (Å²) in [5.74, 6) is 0.615. The van der Waals surface area contributed by atoms with E-state index in [4.69, 9.17) is 11.0 Å². The Morgan fingerprint density at radius 3 is 2.84 bits per heavy atom. The maximum Gasteiger partial charge on any atom is 0.144 e. The van der Waals surface area contributed by atoms with Crippen LogP contribution in [0.25, 0.3) is 0 Å². The van der Waals surface area contributed by atoms with Crippen molar-refractivity contribution in [3.8, 4) is 6.07 Å². The molecule has 1 aromatic heterocycles. The number of benzene rings is 1. The number of nitrogen functional groups attached to an aromatic ring is 1. The van der Waals surface area contributed by atoms with Crippen LogP contribution in [0, 0.1) is 25.2 Å². The summed E-state index contributed by atoms with van der Waals surface area (Å²) in [5.41, 5.74) is 10.3. The van der Waals surface area contributed by atoms with E-state index in [2.05, 4.69) is 16.4 Å². The lowest BCUT2D eigenvalue weighted by Crippen LogP contribution is -2.06. The van der Waals surface area contributed by atoms with E-state index in [-0.39, 0.29) is 0 Å². The zero-order valence-corrected chi connectivity index (χ0v) is 11.1. The molecule has 0 aliphatic rings. The van der Waals surface area contributed by atoms with Crippen molar-refractivity contribution in [3.05, 3.63) is 52.7 Å². The van der Waals surface area contributed by atoms with E-state index in [1.54, 1.807) is 6.20 Å². The lowest BCUT2D eigenvalue weighted by molar-refractivity contribution is 1.08. The first-order valence-corrected chi connectivity index (χ1v) is 6.07. The summed E-state index contributed by atoms with van der Waals surface area (Å²) in [4.78, 5) is 4.21. The molecule has 0 aliphatic carbocycles. The number of hydrogen-bond donors (Lipinski definition) is 2. The third kappa shape index (κ3) is 2.66. The van der Waals surface area contributed by atoms with E-state index in [9.17, 15) is 0 Å². The second-order valence-electron chi connectivity index (χ2n) is 4.45. The van der Waals surface area contributed by atoms with Gasteiger partial charge in [0.2, 0.25) is 0 Å². The summed E-state index contributed by atoms with van der Waals surface area (Å²) in [5, 5.41) is 12.3. The molecule has 0 aliphatic heterocycles. The van der Waals surface area contributed by atoms with Gasteiger partial charge in [0.15, 0.2) is 0 Å². The highest BCUT2D eigenvalue weighted by atomic mass is 15.0. The average molecular weight is 252 g/mol. The number of aryl methyl sites for hydroxylation is 1. The van der Waals surface area contributed by atoms with Crippen molar-refractivity contribution < 1.29 is 0 Å². The highest BCUT2D eigenvalue weighted by molar-refractivity contribution is 5.56. The Morgan fingerprint density at radius 1 is 1.32 bits per heavy atom. The van der Waals surface area contributed by atoms with Gasteiger partial charge in [-0.1, -0.05) is 12.1 Å². The van der Waals surface area contributed by atoms with Gasteiger partial charge in [0.1, 0.15) is 11.9 Å². The summed E-state index contributed by atoms with van der Waals surface area (Å²) in [6.45, 7) is 4.49. The largest absolute Gasteiger partial charge is 0.399 e. The van der Waals surface area contributed by atoms with E-state index >= 15 is 0 Å². The van der Waals surface area contributed by atoms with Gasteiger partial charge >= 0.3 is 0 Å². The molecule has 0 bridgehead atoms. The maximum absolute atomic E-state index is 9.15. The molecule has 96 valence electrons. The van der Waals surface area contributed by atoms with Crippen LogP contribution in [0.5, 0.6) is 0 Å². The van der Waals surface area contributed by atoms with Gasteiger partial charge in [-0.2, -0.15) is 5.26 Å². The topological polar surface area (TPSA) is 74.7 Å². The fourth-order valence-electron chi connectivity index (χ4n) is 1.91. The smallest absolute Gasteiger partial charge is 0.144 e. The normalized spacial score (nSPS) is 9.95. The molecule has 1 aromatic carbocycles. The Labute approximate surface area is 112 Å². The minimum absolute atomic E-state index is 0.587. The molecule has 2 rings (SSSR count). The van der Waals surface area contributed by atoms with Gasteiger partial charge in [0, 0.05) is 18.4 Å². The number of nitrogens with one attached hydrogen (secondary N) is 1. The number of rotatable bonds is 3. The van der Waals surface area contributed by atoms with Gasteiger partial charge in [-0.15, -0.1) is 0 Å². The molecule has 0 saturated heterocycles. The Balaban J connectivity index is 2.22. The Morgan fingerprint density at radius 2 is 2.11 bits per heavy atom. The summed E-state index contributed by atoms with van der Waals surface area (Å²) < 4.78 is 0. The molecule has 0 atom stereocenters. The molecule has 0 radical (unpaired) electrons. The molecule has 4 heteroatoms. The fourth-order valence-corrected chi connectivity index (χ4v) is 1.91. The van der Waals surface area contributed by atoms with E-state index in [0.29, 0.717) is 17.9 Å². The van der Waals surface area contributed by atoms with Crippen LogP contribution in [-0.4, -0.2) is 4.98 Å². The number of nitrogens with two attached hydrogens (primary N) is 1. The summed E-state index contributed by atoms with van der Waals surface area (Å²) in [7, 11) is 0. The predicted molar refractivity (Wildman–Crippen MR) is 76.6 cm³/mol. The van der Waals surface area contributed by atoms with Crippen LogP contribution in [-0.2, 0) is 6.54 Å². The first-order chi connectivity index (χ1) is 9.13. The van der Waals surface area contributed by atoms with Gasteiger partial charge in [0.05, 0.1) is 5.56 Å². The summed E-state index contributed by atoms with van der Waals surface area (Å²) in [6.07, 6.45) is 1.70. The molecule has 0 amide bonds. The van der Waals surface area contributed by atoms with Crippen molar-refractivity contribution in [2.75, 3.05) is 11.1 Å². The molecular formula is C15H16N4. The summed E-state index contributed by atoms with van der Waals surface area (Å²) >= 11 is 0. The maximum atomic E-state index is 9.15. The highest BCUT2D eigenvalue weighted by Gasteiger charge is 2.07. The van der Waals surface area contributed by atoms with Gasteiger partial charge in [-0.05, 0) is 42.7 Å².